The van der Waals surface area contributed by atoms with Crippen molar-refractivity contribution < 1.29 is 19.2 Å². The van der Waals surface area contributed by atoms with Crippen LogP contribution in [0.3, 0.4) is 0 Å². The molecule has 180 valence electrons. The number of hydrogen-bond acceptors (Lipinski definition) is 4. The van der Waals surface area contributed by atoms with Crippen molar-refractivity contribution in [2.24, 2.45) is 65.1 Å². The van der Waals surface area contributed by atoms with Gasteiger partial charge in [-0.05, 0) is 80.5 Å². The van der Waals surface area contributed by atoms with Crippen LogP contribution in [0.5, 0.6) is 0 Å². The number of imide groups is 2. The Bertz CT molecular complexity index is 971. The average Bonchev–Trinajstić information content (AvgIpc) is 3.67. The van der Waals surface area contributed by atoms with Crippen LogP contribution in [0, 0.1) is 65.1 Å². The van der Waals surface area contributed by atoms with Gasteiger partial charge in [-0.3, -0.25) is 29.0 Å². The molecule has 6 fully saturated rings. The second kappa shape index (κ2) is 7.38. The van der Waals surface area contributed by atoms with Gasteiger partial charge in [-0.15, -0.1) is 0 Å². The summed E-state index contributed by atoms with van der Waals surface area (Å²) < 4.78 is 0. The molecule has 8 aliphatic rings. The maximum Gasteiger partial charge on any atom is 0.233 e. The maximum atomic E-state index is 12.7. The Hall–Kier alpha value is -2.24. The standard InChI is InChI=1S/C17H21NO2.C11H13NO2/c19-16-14-11-3-4-12(7-11)15(14)17(20)18(16)8-13-6-9-1-2-10(13)5-9;1-2-12-10(13)8-6-3-4-7(5-6)9(8)11(12)14/h3-4,9-15H,1-2,5-8H2;3-4,6-9H,2,5H2,1H3. The molecule has 6 aliphatic carbocycles. The number of likely N-dealkylation sites (tertiary alicyclic amines) is 2. The minimum Gasteiger partial charge on any atom is -0.282 e. The van der Waals surface area contributed by atoms with Gasteiger partial charge in [-0.2, -0.15) is 0 Å². The number of nitrogens with zero attached hydrogens (tertiary/aromatic N) is 2. The molecule has 6 bridgehead atoms. The molecule has 8 rings (SSSR count). The van der Waals surface area contributed by atoms with Gasteiger partial charge in [-0.25, -0.2) is 0 Å². The molecule has 6 nitrogen and oxygen atoms in total. The lowest BCUT2D eigenvalue weighted by Crippen LogP contribution is -2.38. The average molecular weight is 463 g/mol. The Labute approximate surface area is 200 Å². The predicted octanol–water partition coefficient (Wildman–Crippen LogP) is 3.04. The van der Waals surface area contributed by atoms with Crippen LogP contribution in [0.1, 0.15) is 45.4 Å². The van der Waals surface area contributed by atoms with Crippen molar-refractivity contribution in [2.45, 2.75) is 45.4 Å². The van der Waals surface area contributed by atoms with Crippen molar-refractivity contribution in [1.29, 1.82) is 0 Å². The van der Waals surface area contributed by atoms with Gasteiger partial charge in [0.2, 0.25) is 23.6 Å². The largest absolute Gasteiger partial charge is 0.282 e. The monoisotopic (exact) mass is 462 g/mol. The van der Waals surface area contributed by atoms with E-state index in [4.69, 9.17) is 0 Å². The Morgan fingerprint density at radius 2 is 1.12 bits per heavy atom. The van der Waals surface area contributed by atoms with Gasteiger partial charge in [0.25, 0.3) is 0 Å². The summed E-state index contributed by atoms with van der Waals surface area (Å²) in [7, 11) is 0. The van der Waals surface area contributed by atoms with E-state index in [9.17, 15) is 19.2 Å². The maximum absolute atomic E-state index is 12.7. The first-order valence-corrected chi connectivity index (χ1v) is 13.5. The molecule has 2 heterocycles. The first-order valence-electron chi connectivity index (χ1n) is 13.5. The van der Waals surface area contributed by atoms with Crippen LogP contribution in [-0.2, 0) is 19.2 Å². The molecule has 11 atom stereocenters. The van der Waals surface area contributed by atoms with Crippen molar-refractivity contribution in [2.75, 3.05) is 13.1 Å². The summed E-state index contributed by atoms with van der Waals surface area (Å²) >= 11 is 0. The molecule has 2 saturated heterocycles. The predicted molar refractivity (Wildman–Crippen MR) is 123 cm³/mol. The summed E-state index contributed by atoms with van der Waals surface area (Å²) in [5, 5.41) is 0. The zero-order valence-corrected chi connectivity index (χ0v) is 19.8. The highest BCUT2D eigenvalue weighted by molar-refractivity contribution is 6.07. The van der Waals surface area contributed by atoms with Crippen molar-refractivity contribution >= 4 is 23.6 Å². The van der Waals surface area contributed by atoms with E-state index in [1.807, 2.05) is 6.92 Å². The topological polar surface area (TPSA) is 74.8 Å². The first kappa shape index (κ1) is 21.1. The minimum absolute atomic E-state index is 0.00362. The van der Waals surface area contributed by atoms with Crippen LogP contribution in [0.15, 0.2) is 24.3 Å². The van der Waals surface area contributed by atoms with E-state index in [-0.39, 0.29) is 47.3 Å². The van der Waals surface area contributed by atoms with Gasteiger partial charge in [0, 0.05) is 13.1 Å². The highest BCUT2D eigenvalue weighted by atomic mass is 16.2. The smallest absolute Gasteiger partial charge is 0.233 e. The molecule has 0 N–H and O–H groups in total. The normalized spacial score (nSPS) is 48.4. The summed E-state index contributed by atoms with van der Waals surface area (Å²) in [5.41, 5.74) is 0. The molecule has 0 radical (unpaired) electrons. The molecule has 34 heavy (non-hydrogen) atoms. The number of amides is 4. The summed E-state index contributed by atoms with van der Waals surface area (Å²) in [4.78, 5) is 52.2. The van der Waals surface area contributed by atoms with Crippen LogP contribution in [-0.4, -0.2) is 46.5 Å². The molecule has 6 heteroatoms. The Morgan fingerprint density at radius 1 is 0.647 bits per heavy atom. The van der Waals surface area contributed by atoms with E-state index >= 15 is 0 Å². The summed E-state index contributed by atoms with van der Waals surface area (Å²) in [6.07, 6.45) is 16.0. The number of hydrogen-bond donors (Lipinski definition) is 0. The van der Waals surface area contributed by atoms with E-state index in [1.165, 1.54) is 30.6 Å². The fourth-order valence-corrected chi connectivity index (χ4v) is 9.25. The van der Waals surface area contributed by atoms with Crippen molar-refractivity contribution in [3.8, 4) is 0 Å². The van der Waals surface area contributed by atoms with Crippen molar-refractivity contribution in [3.05, 3.63) is 24.3 Å². The summed E-state index contributed by atoms with van der Waals surface area (Å²) in [5.74, 6) is 4.08. The van der Waals surface area contributed by atoms with E-state index in [1.54, 1.807) is 4.90 Å². The van der Waals surface area contributed by atoms with Crippen molar-refractivity contribution in [1.82, 2.24) is 9.80 Å². The van der Waals surface area contributed by atoms with Crippen LogP contribution < -0.4 is 0 Å². The Kier molecular flexibility index (Phi) is 4.57. The van der Waals surface area contributed by atoms with Crippen LogP contribution in [0.4, 0.5) is 0 Å². The molecule has 0 aromatic heterocycles. The molecule has 4 amide bonds. The van der Waals surface area contributed by atoms with E-state index in [2.05, 4.69) is 24.3 Å². The van der Waals surface area contributed by atoms with E-state index < -0.39 is 0 Å². The fourth-order valence-electron chi connectivity index (χ4n) is 9.25. The van der Waals surface area contributed by atoms with Gasteiger partial charge < -0.3 is 0 Å². The Morgan fingerprint density at radius 3 is 1.50 bits per heavy atom. The Balaban J connectivity index is 0.000000126. The van der Waals surface area contributed by atoms with Crippen LogP contribution >= 0.6 is 0 Å². The lowest BCUT2D eigenvalue weighted by Gasteiger charge is -2.26. The third-order valence-corrected chi connectivity index (χ3v) is 10.7. The zero-order valence-electron chi connectivity index (χ0n) is 19.8. The van der Waals surface area contributed by atoms with Crippen LogP contribution in [0.25, 0.3) is 0 Å². The molecular weight excluding hydrogens is 428 g/mol. The third-order valence-electron chi connectivity index (χ3n) is 10.7. The third kappa shape index (κ3) is 2.74. The molecule has 2 aliphatic heterocycles. The van der Waals surface area contributed by atoms with E-state index in [0.29, 0.717) is 36.1 Å². The lowest BCUT2D eigenvalue weighted by atomic mass is 9.85. The number of fused-ring (bicyclic) bond motifs is 12. The lowest BCUT2D eigenvalue weighted by molar-refractivity contribution is -0.142. The van der Waals surface area contributed by atoms with E-state index in [0.717, 1.165) is 31.2 Å². The SMILES string of the molecule is CCN1C(=O)C2C3C=CC(C3)C2C1=O.O=C1C2C3C=CC(C3)C2C(=O)N1CC1CC2CCC1C2. The summed E-state index contributed by atoms with van der Waals surface area (Å²) in [6.45, 7) is 3.13. The fraction of sp³-hybridized carbons (Fsp3) is 0.714. The van der Waals surface area contributed by atoms with Gasteiger partial charge in [0.05, 0.1) is 23.7 Å². The van der Waals surface area contributed by atoms with Gasteiger partial charge in [0.1, 0.15) is 0 Å². The number of carbonyl (C=O) groups is 4. The molecular formula is C28H34N2O4. The molecule has 11 unspecified atom stereocenters. The quantitative estimate of drug-likeness (QED) is 0.477. The van der Waals surface area contributed by atoms with Crippen molar-refractivity contribution in [3.63, 3.8) is 0 Å². The first-order chi connectivity index (χ1) is 16.5. The molecule has 4 saturated carbocycles. The zero-order chi connectivity index (χ0) is 23.3. The highest BCUT2D eigenvalue weighted by Gasteiger charge is 2.60. The van der Waals surface area contributed by atoms with Gasteiger partial charge >= 0.3 is 0 Å². The number of carbonyl (C=O) groups excluding carboxylic acids is 4. The number of rotatable bonds is 3. The summed E-state index contributed by atoms with van der Waals surface area (Å²) in [6, 6.07) is 0. The highest BCUT2D eigenvalue weighted by Crippen LogP contribution is 2.54. The van der Waals surface area contributed by atoms with Gasteiger partial charge in [0.15, 0.2) is 0 Å². The molecule has 0 aromatic carbocycles. The molecule has 0 aromatic rings. The second-order valence-electron chi connectivity index (χ2n) is 12.1. The molecule has 0 spiro atoms. The minimum atomic E-state index is -0.0163. The van der Waals surface area contributed by atoms with Gasteiger partial charge in [-0.1, -0.05) is 30.7 Å². The number of allylic oxidation sites excluding steroid dienone is 4. The second-order valence-corrected chi connectivity index (χ2v) is 12.1. The van der Waals surface area contributed by atoms with Crippen LogP contribution in [0.2, 0.25) is 0 Å².